The number of carbonyl (C=O) groups is 1. The fourth-order valence-corrected chi connectivity index (χ4v) is 2.72. The van der Waals surface area contributed by atoms with Gasteiger partial charge in [0.05, 0.1) is 6.61 Å². The lowest BCUT2D eigenvalue weighted by atomic mass is 10.1. The summed E-state index contributed by atoms with van der Waals surface area (Å²) in [7, 11) is 0. The molecule has 0 heterocycles. The highest BCUT2D eigenvalue weighted by Crippen LogP contribution is 2.12. The van der Waals surface area contributed by atoms with Gasteiger partial charge in [0, 0.05) is 29.9 Å². The van der Waals surface area contributed by atoms with E-state index in [9.17, 15) is 9.90 Å². The molecule has 2 amide bonds. The van der Waals surface area contributed by atoms with Gasteiger partial charge in [0.25, 0.3) is 0 Å². The van der Waals surface area contributed by atoms with Crippen LogP contribution in [0.15, 0.2) is 84.9 Å². The van der Waals surface area contributed by atoms with Gasteiger partial charge in [-0.1, -0.05) is 66.4 Å². The summed E-state index contributed by atoms with van der Waals surface area (Å²) in [5.41, 5.74) is 3.43. The number of aliphatic hydroxyl groups is 1. The number of carbonyl (C=O) groups excluding carboxylic acids is 1. The third-order valence-corrected chi connectivity index (χ3v) is 4.11. The highest BCUT2D eigenvalue weighted by atomic mass is 16.3. The van der Waals surface area contributed by atoms with Gasteiger partial charge in [0.15, 0.2) is 0 Å². The zero-order valence-corrected chi connectivity index (χ0v) is 15.5. The van der Waals surface area contributed by atoms with Crippen LogP contribution in [-0.2, 0) is 6.54 Å². The van der Waals surface area contributed by atoms with Crippen molar-refractivity contribution in [1.82, 2.24) is 4.90 Å². The van der Waals surface area contributed by atoms with Gasteiger partial charge in [-0.2, -0.15) is 0 Å². The van der Waals surface area contributed by atoms with E-state index in [1.807, 2.05) is 84.9 Å². The molecule has 0 radical (unpaired) electrons. The highest BCUT2D eigenvalue weighted by molar-refractivity contribution is 5.89. The summed E-state index contributed by atoms with van der Waals surface area (Å²) in [6.07, 6.45) is 0. The molecule has 3 aromatic carbocycles. The van der Waals surface area contributed by atoms with Crippen LogP contribution < -0.4 is 5.32 Å². The Balaban J connectivity index is 1.69. The van der Waals surface area contributed by atoms with Crippen molar-refractivity contribution in [2.75, 3.05) is 18.5 Å². The van der Waals surface area contributed by atoms with Crippen LogP contribution in [0.4, 0.5) is 10.5 Å². The predicted octanol–water partition coefficient (Wildman–Crippen LogP) is 4.11. The van der Waals surface area contributed by atoms with Gasteiger partial charge in [-0.05, 0) is 35.9 Å². The lowest BCUT2D eigenvalue weighted by molar-refractivity contribution is 0.185. The number of hydrogen-bond acceptors (Lipinski definition) is 2. The first-order valence-corrected chi connectivity index (χ1v) is 9.12. The number of nitrogens with one attached hydrogen (secondary N) is 1. The van der Waals surface area contributed by atoms with Crippen molar-refractivity contribution in [2.45, 2.75) is 6.54 Å². The summed E-state index contributed by atoms with van der Waals surface area (Å²) < 4.78 is 0. The first-order valence-electron chi connectivity index (χ1n) is 9.12. The van der Waals surface area contributed by atoms with Gasteiger partial charge in [-0.3, -0.25) is 0 Å². The lowest BCUT2D eigenvalue weighted by Gasteiger charge is -2.22. The molecule has 0 aliphatic heterocycles. The molecule has 3 rings (SSSR count). The van der Waals surface area contributed by atoms with Gasteiger partial charge >= 0.3 is 6.03 Å². The summed E-state index contributed by atoms with van der Waals surface area (Å²) in [5.74, 6) is 6.22. The summed E-state index contributed by atoms with van der Waals surface area (Å²) >= 11 is 0. The Morgan fingerprint density at radius 3 is 2.21 bits per heavy atom. The third kappa shape index (κ3) is 5.73. The van der Waals surface area contributed by atoms with Gasteiger partial charge in [-0.25, -0.2) is 4.79 Å². The number of amides is 2. The average molecular weight is 370 g/mol. The zero-order chi connectivity index (χ0) is 19.6. The van der Waals surface area contributed by atoms with E-state index in [2.05, 4.69) is 17.2 Å². The van der Waals surface area contributed by atoms with Crippen molar-refractivity contribution in [3.8, 4) is 11.8 Å². The monoisotopic (exact) mass is 370 g/mol. The minimum Gasteiger partial charge on any atom is -0.395 e. The number of benzene rings is 3. The van der Waals surface area contributed by atoms with E-state index in [4.69, 9.17) is 0 Å². The Hall–Kier alpha value is -3.55. The summed E-state index contributed by atoms with van der Waals surface area (Å²) in [6, 6.07) is 26.6. The molecule has 0 aromatic heterocycles. The van der Waals surface area contributed by atoms with Crippen molar-refractivity contribution in [3.63, 3.8) is 0 Å². The first kappa shape index (κ1) is 19.2. The van der Waals surface area contributed by atoms with E-state index in [-0.39, 0.29) is 19.2 Å². The molecule has 0 spiro atoms. The average Bonchev–Trinajstić information content (AvgIpc) is 2.74. The van der Waals surface area contributed by atoms with Gasteiger partial charge in [0.2, 0.25) is 0 Å². The third-order valence-electron chi connectivity index (χ3n) is 4.11. The van der Waals surface area contributed by atoms with Crippen LogP contribution in [0.3, 0.4) is 0 Å². The van der Waals surface area contributed by atoms with Gasteiger partial charge in [0.1, 0.15) is 0 Å². The van der Waals surface area contributed by atoms with Gasteiger partial charge in [-0.15, -0.1) is 0 Å². The fourth-order valence-electron chi connectivity index (χ4n) is 2.72. The van der Waals surface area contributed by atoms with E-state index in [0.717, 1.165) is 16.7 Å². The Morgan fingerprint density at radius 1 is 0.857 bits per heavy atom. The Kier molecular flexibility index (Phi) is 6.84. The number of hydrogen-bond donors (Lipinski definition) is 2. The molecular formula is C24H22N2O2. The van der Waals surface area contributed by atoms with Crippen LogP contribution in [0.1, 0.15) is 16.7 Å². The van der Waals surface area contributed by atoms with Crippen molar-refractivity contribution in [3.05, 3.63) is 102 Å². The normalized spacial score (nSPS) is 9.89. The number of anilines is 1. The molecular weight excluding hydrogens is 348 g/mol. The maximum Gasteiger partial charge on any atom is 0.322 e. The van der Waals surface area contributed by atoms with Crippen LogP contribution in [0.25, 0.3) is 0 Å². The van der Waals surface area contributed by atoms with E-state index in [1.54, 1.807) is 4.90 Å². The van der Waals surface area contributed by atoms with Crippen LogP contribution in [0.2, 0.25) is 0 Å². The van der Waals surface area contributed by atoms with Crippen molar-refractivity contribution in [1.29, 1.82) is 0 Å². The number of urea groups is 1. The fraction of sp³-hybridized carbons (Fsp3) is 0.125. The second-order valence-electron chi connectivity index (χ2n) is 6.26. The van der Waals surface area contributed by atoms with E-state index in [1.165, 1.54) is 0 Å². The molecule has 0 bridgehead atoms. The van der Waals surface area contributed by atoms with E-state index < -0.39 is 0 Å². The quantitative estimate of drug-likeness (QED) is 0.664. The first-order chi connectivity index (χ1) is 13.7. The number of aliphatic hydroxyl groups excluding tert-OH is 1. The van der Waals surface area contributed by atoms with Crippen molar-refractivity contribution >= 4 is 11.7 Å². The number of nitrogens with zero attached hydrogens (tertiary/aromatic N) is 1. The topological polar surface area (TPSA) is 52.6 Å². The molecule has 4 heteroatoms. The summed E-state index contributed by atoms with van der Waals surface area (Å²) in [6.45, 7) is 0.595. The minimum atomic E-state index is -0.258. The molecule has 3 aromatic rings. The minimum absolute atomic E-state index is 0.0944. The van der Waals surface area contributed by atoms with Crippen LogP contribution >= 0.6 is 0 Å². The molecule has 0 fully saturated rings. The Bertz CT molecular complexity index is 960. The smallest absolute Gasteiger partial charge is 0.322 e. The number of rotatable bonds is 5. The van der Waals surface area contributed by atoms with E-state index in [0.29, 0.717) is 12.2 Å². The van der Waals surface area contributed by atoms with Crippen LogP contribution in [-0.4, -0.2) is 29.2 Å². The molecule has 0 atom stereocenters. The predicted molar refractivity (Wildman–Crippen MR) is 112 cm³/mol. The summed E-state index contributed by atoms with van der Waals surface area (Å²) in [4.78, 5) is 14.2. The van der Waals surface area contributed by atoms with E-state index >= 15 is 0 Å². The molecule has 0 unspecified atom stereocenters. The molecule has 140 valence electrons. The molecule has 0 saturated heterocycles. The molecule has 28 heavy (non-hydrogen) atoms. The second-order valence-corrected chi connectivity index (χ2v) is 6.26. The largest absolute Gasteiger partial charge is 0.395 e. The Morgan fingerprint density at radius 2 is 1.50 bits per heavy atom. The van der Waals surface area contributed by atoms with Crippen molar-refractivity contribution in [2.24, 2.45) is 0 Å². The highest BCUT2D eigenvalue weighted by Gasteiger charge is 2.13. The maximum absolute atomic E-state index is 12.7. The van der Waals surface area contributed by atoms with Crippen molar-refractivity contribution < 1.29 is 9.90 Å². The molecule has 0 aliphatic rings. The standard InChI is InChI=1S/C24H22N2O2/c27-17-16-26(19-22-10-5-2-6-11-22)24(28)25-23-13-7-12-21(18-23)15-14-20-8-3-1-4-9-20/h1-13,18,27H,16-17,19H2,(H,25,28). The zero-order valence-electron chi connectivity index (χ0n) is 15.5. The van der Waals surface area contributed by atoms with Gasteiger partial charge < -0.3 is 15.3 Å². The molecule has 0 saturated carbocycles. The molecule has 4 nitrogen and oxygen atoms in total. The molecule has 2 N–H and O–H groups in total. The Labute approximate surface area is 165 Å². The van der Waals surface area contributed by atoms with Crippen LogP contribution in [0.5, 0.6) is 0 Å². The lowest BCUT2D eigenvalue weighted by Crippen LogP contribution is -2.36. The summed E-state index contributed by atoms with van der Waals surface area (Å²) in [5, 5.41) is 12.2. The SMILES string of the molecule is O=C(Nc1cccc(C#Cc2ccccc2)c1)N(CCO)Cc1ccccc1. The van der Waals surface area contributed by atoms with Crippen LogP contribution in [0, 0.1) is 11.8 Å². The maximum atomic E-state index is 12.7. The molecule has 0 aliphatic carbocycles. The second kappa shape index (κ2) is 9.96.